The summed E-state index contributed by atoms with van der Waals surface area (Å²) in [5.41, 5.74) is 2.21. The average molecular weight is 257 g/mol. The van der Waals surface area contributed by atoms with Gasteiger partial charge < -0.3 is 10.2 Å². The van der Waals surface area contributed by atoms with Gasteiger partial charge in [0.15, 0.2) is 0 Å². The molecule has 2 rings (SSSR count). The van der Waals surface area contributed by atoms with Crippen LogP contribution >= 0.6 is 0 Å². The standard InChI is InChI=1S/C16H23N3/c1-19(2)13-5-3-4-11-17-15-10-6-8-14-9-7-12-18-16(14)15/h6-10,12,17H,3-5,11,13H2,1-2H3. The van der Waals surface area contributed by atoms with Crippen molar-refractivity contribution < 1.29 is 0 Å². The Kier molecular flexibility index (Phi) is 5.16. The molecule has 0 aliphatic heterocycles. The fraction of sp³-hybridized carbons (Fsp3) is 0.438. The highest BCUT2D eigenvalue weighted by Crippen LogP contribution is 2.20. The first-order chi connectivity index (χ1) is 9.27. The van der Waals surface area contributed by atoms with Crippen molar-refractivity contribution in [3.05, 3.63) is 36.5 Å². The summed E-state index contributed by atoms with van der Waals surface area (Å²) in [4.78, 5) is 6.69. The number of para-hydroxylation sites is 1. The predicted molar refractivity (Wildman–Crippen MR) is 82.6 cm³/mol. The predicted octanol–water partition coefficient (Wildman–Crippen LogP) is 3.38. The van der Waals surface area contributed by atoms with E-state index in [9.17, 15) is 0 Å². The number of unbranched alkanes of at least 4 members (excludes halogenated alkanes) is 2. The van der Waals surface area contributed by atoms with E-state index in [4.69, 9.17) is 0 Å². The highest BCUT2D eigenvalue weighted by atomic mass is 15.0. The van der Waals surface area contributed by atoms with Gasteiger partial charge in [-0.2, -0.15) is 0 Å². The van der Waals surface area contributed by atoms with Crippen molar-refractivity contribution in [2.24, 2.45) is 0 Å². The molecule has 1 N–H and O–H groups in total. The summed E-state index contributed by atoms with van der Waals surface area (Å²) in [5, 5.41) is 4.69. The molecule has 0 aliphatic carbocycles. The molecular formula is C16H23N3. The number of hydrogen-bond donors (Lipinski definition) is 1. The lowest BCUT2D eigenvalue weighted by Crippen LogP contribution is -2.13. The second-order valence-electron chi connectivity index (χ2n) is 5.17. The molecule has 0 bridgehead atoms. The zero-order valence-corrected chi connectivity index (χ0v) is 11.9. The smallest absolute Gasteiger partial charge is 0.0933 e. The third kappa shape index (κ3) is 4.21. The summed E-state index contributed by atoms with van der Waals surface area (Å²) in [5.74, 6) is 0. The third-order valence-electron chi connectivity index (χ3n) is 3.23. The van der Waals surface area contributed by atoms with Crippen LogP contribution in [0.3, 0.4) is 0 Å². The Hall–Kier alpha value is -1.61. The van der Waals surface area contributed by atoms with E-state index in [0.29, 0.717) is 0 Å². The van der Waals surface area contributed by atoms with Crippen LogP contribution in [0.4, 0.5) is 5.69 Å². The molecule has 1 heterocycles. The number of anilines is 1. The number of nitrogens with zero attached hydrogens (tertiary/aromatic N) is 2. The lowest BCUT2D eigenvalue weighted by Gasteiger charge is -2.10. The van der Waals surface area contributed by atoms with E-state index in [2.05, 4.69) is 53.6 Å². The maximum Gasteiger partial charge on any atom is 0.0933 e. The van der Waals surface area contributed by atoms with E-state index in [1.54, 1.807) is 0 Å². The Bertz CT molecular complexity index is 503. The van der Waals surface area contributed by atoms with E-state index in [1.165, 1.54) is 31.2 Å². The lowest BCUT2D eigenvalue weighted by molar-refractivity contribution is 0.393. The number of benzene rings is 1. The molecule has 0 atom stereocenters. The molecule has 2 aromatic rings. The van der Waals surface area contributed by atoms with Crippen molar-refractivity contribution in [1.82, 2.24) is 9.88 Å². The summed E-state index contributed by atoms with van der Waals surface area (Å²) in [6.45, 7) is 2.19. The van der Waals surface area contributed by atoms with Crippen LogP contribution in [-0.4, -0.2) is 37.1 Å². The second kappa shape index (κ2) is 7.10. The Morgan fingerprint density at radius 3 is 2.74 bits per heavy atom. The van der Waals surface area contributed by atoms with E-state index in [0.717, 1.165) is 17.7 Å². The van der Waals surface area contributed by atoms with Crippen molar-refractivity contribution in [1.29, 1.82) is 0 Å². The molecule has 1 aromatic carbocycles. The number of nitrogens with one attached hydrogen (secondary N) is 1. The van der Waals surface area contributed by atoms with Crippen LogP contribution < -0.4 is 5.32 Å². The fourth-order valence-corrected chi connectivity index (χ4v) is 2.20. The lowest BCUT2D eigenvalue weighted by atomic mass is 10.2. The van der Waals surface area contributed by atoms with Gasteiger partial charge >= 0.3 is 0 Å². The highest BCUT2D eigenvalue weighted by Gasteiger charge is 2.00. The average Bonchev–Trinajstić information content (AvgIpc) is 2.42. The van der Waals surface area contributed by atoms with Crippen LogP contribution in [0.25, 0.3) is 10.9 Å². The van der Waals surface area contributed by atoms with Gasteiger partial charge in [-0.15, -0.1) is 0 Å². The third-order valence-corrected chi connectivity index (χ3v) is 3.23. The summed E-state index contributed by atoms with van der Waals surface area (Å²) < 4.78 is 0. The Balaban J connectivity index is 1.82. The Labute approximate surface area is 115 Å². The van der Waals surface area contributed by atoms with Crippen LogP contribution in [0.1, 0.15) is 19.3 Å². The number of fused-ring (bicyclic) bond motifs is 1. The molecular weight excluding hydrogens is 234 g/mol. The zero-order valence-electron chi connectivity index (χ0n) is 11.9. The molecule has 3 nitrogen and oxygen atoms in total. The normalized spacial score (nSPS) is 11.1. The van der Waals surface area contributed by atoms with Gasteiger partial charge in [0.05, 0.1) is 11.2 Å². The van der Waals surface area contributed by atoms with Gasteiger partial charge in [-0.3, -0.25) is 4.98 Å². The van der Waals surface area contributed by atoms with Gasteiger partial charge in [0.1, 0.15) is 0 Å². The minimum absolute atomic E-state index is 1.02. The summed E-state index contributed by atoms with van der Waals surface area (Å²) in [6.07, 6.45) is 5.59. The molecule has 0 fully saturated rings. The quantitative estimate of drug-likeness (QED) is 0.771. The van der Waals surface area contributed by atoms with Gasteiger partial charge in [-0.1, -0.05) is 24.6 Å². The minimum atomic E-state index is 1.02. The van der Waals surface area contributed by atoms with E-state index >= 15 is 0 Å². The van der Waals surface area contributed by atoms with Crippen LogP contribution in [0, 0.1) is 0 Å². The maximum absolute atomic E-state index is 4.45. The van der Waals surface area contributed by atoms with Crippen LogP contribution in [0.5, 0.6) is 0 Å². The Morgan fingerprint density at radius 2 is 1.89 bits per heavy atom. The molecule has 0 amide bonds. The first-order valence-electron chi connectivity index (χ1n) is 7.00. The fourth-order valence-electron chi connectivity index (χ4n) is 2.20. The van der Waals surface area contributed by atoms with Gasteiger partial charge in [-0.25, -0.2) is 0 Å². The van der Waals surface area contributed by atoms with Crippen molar-refractivity contribution in [3.8, 4) is 0 Å². The molecule has 0 saturated carbocycles. The molecule has 0 saturated heterocycles. The summed E-state index contributed by atoms with van der Waals surface area (Å²) in [7, 11) is 4.25. The van der Waals surface area contributed by atoms with E-state index < -0.39 is 0 Å². The SMILES string of the molecule is CN(C)CCCCCNc1cccc2cccnc12. The molecule has 19 heavy (non-hydrogen) atoms. The van der Waals surface area contributed by atoms with Crippen molar-refractivity contribution >= 4 is 16.6 Å². The summed E-state index contributed by atoms with van der Waals surface area (Å²) in [6, 6.07) is 10.4. The monoisotopic (exact) mass is 257 g/mol. The molecule has 102 valence electrons. The second-order valence-corrected chi connectivity index (χ2v) is 5.17. The molecule has 0 spiro atoms. The van der Waals surface area contributed by atoms with Gasteiger partial charge in [0.25, 0.3) is 0 Å². The molecule has 1 aromatic heterocycles. The first kappa shape index (κ1) is 13.8. The zero-order chi connectivity index (χ0) is 13.5. The van der Waals surface area contributed by atoms with Gasteiger partial charge in [-0.05, 0) is 45.6 Å². The van der Waals surface area contributed by atoms with Crippen molar-refractivity contribution in [3.63, 3.8) is 0 Å². The Morgan fingerprint density at radius 1 is 1.05 bits per heavy atom. The number of pyridine rings is 1. The largest absolute Gasteiger partial charge is 0.383 e. The highest BCUT2D eigenvalue weighted by molar-refractivity contribution is 5.90. The van der Waals surface area contributed by atoms with Gasteiger partial charge in [0.2, 0.25) is 0 Å². The molecule has 0 unspecified atom stereocenters. The topological polar surface area (TPSA) is 28.2 Å². The van der Waals surface area contributed by atoms with E-state index in [-0.39, 0.29) is 0 Å². The van der Waals surface area contributed by atoms with Crippen molar-refractivity contribution in [2.45, 2.75) is 19.3 Å². The van der Waals surface area contributed by atoms with Crippen LogP contribution in [0.2, 0.25) is 0 Å². The number of aromatic nitrogens is 1. The number of rotatable bonds is 7. The molecule has 3 heteroatoms. The van der Waals surface area contributed by atoms with Crippen LogP contribution in [-0.2, 0) is 0 Å². The maximum atomic E-state index is 4.45. The van der Waals surface area contributed by atoms with Crippen LogP contribution in [0.15, 0.2) is 36.5 Å². The molecule has 0 radical (unpaired) electrons. The minimum Gasteiger partial charge on any atom is -0.383 e. The van der Waals surface area contributed by atoms with Gasteiger partial charge in [0, 0.05) is 18.1 Å². The van der Waals surface area contributed by atoms with Crippen molar-refractivity contribution in [2.75, 3.05) is 32.5 Å². The van der Waals surface area contributed by atoms with E-state index in [1.807, 2.05) is 12.3 Å². The molecule has 0 aliphatic rings. The number of hydrogen-bond acceptors (Lipinski definition) is 3. The first-order valence-corrected chi connectivity index (χ1v) is 7.00. The summed E-state index contributed by atoms with van der Waals surface area (Å²) >= 11 is 0.